The molecule has 0 saturated carbocycles. The number of aryl methyl sites for hydroxylation is 3. The molecule has 0 aliphatic rings. The Bertz CT molecular complexity index is 828. The molecule has 2 amide bonds. The number of likely N-dealkylation sites (N-methyl/N-ethyl adjacent to an activating group) is 1. The van der Waals surface area contributed by atoms with E-state index in [2.05, 4.69) is 11.4 Å². The molecular weight excluding hydrogens is 364 g/mol. The fourth-order valence-electron chi connectivity index (χ4n) is 3.43. The molecule has 0 aromatic heterocycles. The Morgan fingerprint density at radius 1 is 1.03 bits per heavy atom. The Labute approximate surface area is 174 Å². The van der Waals surface area contributed by atoms with Gasteiger partial charge in [0.05, 0.1) is 0 Å². The van der Waals surface area contributed by atoms with Gasteiger partial charge in [0.15, 0.2) is 6.61 Å². The van der Waals surface area contributed by atoms with E-state index in [1.165, 1.54) is 0 Å². The molecule has 5 nitrogen and oxygen atoms in total. The first-order valence-corrected chi connectivity index (χ1v) is 10.2. The monoisotopic (exact) mass is 396 g/mol. The highest BCUT2D eigenvalue weighted by Crippen LogP contribution is 2.18. The van der Waals surface area contributed by atoms with Gasteiger partial charge in [0.25, 0.3) is 5.91 Å². The van der Waals surface area contributed by atoms with Crippen molar-refractivity contribution in [3.05, 3.63) is 64.7 Å². The van der Waals surface area contributed by atoms with Crippen molar-refractivity contribution >= 4 is 11.8 Å². The summed E-state index contributed by atoms with van der Waals surface area (Å²) in [4.78, 5) is 27.4. The SMILES string of the molecule is CCNC(=O)[C@H](CC)N(Cc1ccccc1C)C(=O)COc1cc(C)cc(C)c1. The molecule has 0 heterocycles. The molecule has 1 N–H and O–H groups in total. The minimum atomic E-state index is -0.537. The summed E-state index contributed by atoms with van der Waals surface area (Å²) >= 11 is 0. The van der Waals surface area contributed by atoms with E-state index < -0.39 is 6.04 Å². The van der Waals surface area contributed by atoms with Crippen LogP contribution in [0.15, 0.2) is 42.5 Å². The summed E-state index contributed by atoms with van der Waals surface area (Å²) in [5.74, 6) is 0.326. The highest BCUT2D eigenvalue weighted by atomic mass is 16.5. The van der Waals surface area contributed by atoms with Gasteiger partial charge in [-0.3, -0.25) is 9.59 Å². The minimum Gasteiger partial charge on any atom is -0.484 e. The lowest BCUT2D eigenvalue weighted by atomic mass is 10.1. The summed E-state index contributed by atoms with van der Waals surface area (Å²) in [5.41, 5.74) is 4.28. The van der Waals surface area contributed by atoms with Gasteiger partial charge in [0.1, 0.15) is 11.8 Å². The number of benzene rings is 2. The average molecular weight is 397 g/mol. The van der Waals surface area contributed by atoms with Gasteiger partial charge in [0, 0.05) is 13.1 Å². The number of carbonyl (C=O) groups is 2. The van der Waals surface area contributed by atoms with Crippen molar-refractivity contribution in [2.45, 2.75) is 53.6 Å². The summed E-state index contributed by atoms with van der Waals surface area (Å²) in [7, 11) is 0. The lowest BCUT2D eigenvalue weighted by molar-refractivity contribution is -0.142. The largest absolute Gasteiger partial charge is 0.484 e. The first kappa shape index (κ1) is 22.5. The Hall–Kier alpha value is -2.82. The highest BCUT2D eigenvalue weighted by Gasteiger charge is 2.28. The first-order chi connectivity index (χ1) is 13.8. The van der Waals surface area contributed by atoms with Crippen LogP contribution in [0.5, 0.6) is 5.75 Å². The molecule has 2 rings (SSSR count). The Kier molecular flexibility index (Phi) is 8.25. The Morgan fingerprint density at radius 3 is 2.28 bits per heavy atom. The summed E-state index contributed by atoms with van der Waals surface area (Å²) in [6.07, 6.45) is 0.535. The van der Waals surface area contributed by atoms with Crippen molar-refractivity contribution < 1.29 is 14.3 Å². The molecule has 2 aromatic carbocycles. The number of nitrogens with one attached hydrogen (secondary N) is 1. The van der Waals surface area contributed by atoms with Crippen molar-refractivity contribution in [3.63, 3.8) is 0 Å². The molecule has 0 aliphatic heterocycles. The van der Waals surface area contributed by atoms with E-state index in [1.54, 1.807) is 4.90 Å². The molecule has 0 aliphatic carbocycles. The molecule has 0 fully saturated rings. The molecule has 5 heteroatoms. The molecule has 1 atom stereocenters. The molecule has 0 saturated heterocycles. The smallest absolute Gasteiger partial charge is 0.261 e. The van der Waals surface area contributed by atoms with Crippen LogP contribution in [0.1, 0.15) is 42.5 Å². The van der Waals surface area contributed by atoms with Crippen LogP contribution in [0.4, 0.5) is 0 Å². The minimum absolute atomic E-state index is 0.106. The van der Waals surface area contributed by atoms with E-state index in [9.17, 15) is 9.59 Å². The summed E-state index contributed by atoms with van der Waals surface area (Å²) < 4.78 is 5.79. The standard InChI is InChI=1S/C24H32N2O3/c1-6-22(24(28)25-7-2)26(15-20-11-9-8-10-19(20)5)23(27)16-29-21-13-17(3)12-18(4)14-21/h8-14,22H,6-7,15-16H2,1-5H3,(H,25,28)/t22-/m0/s1. The van der Waals surface area contributed by atoms with Gasteiger partial charge in [-0.15, -0.1) is 0 Å². The molecule has 156 valence electrons. The maximum absolute atomic E-state index is 13.1. The first-order valence-electron chi connectivity index (χ1n) is 10.2. The van der Waals surface area contributed by atoms with E-state index in [1.807, 2.05) is 71.0 Å². The number of nitrogens with zero attached hydrogens (tertiary/aromatic N) is 1. The van der Waals surface area contributed by atoms with Gasteiger partial charge in [-0.1, -0.05) is 37.3 Å². The normalized spacial score (nSPS) is 11.6. The third kappa shape index (κ3) is 6.34. The van der Waals surface area contributed by atoms with Crippen molar-refractivity contribution in [2.24, 2.45) is 0 Å². The van der Waals surface area contributed by atoms with Crippen LogP contribution in [0, 0.1) is 20.8 Å². The molecular formula is C24H32N2O3. The van der Waals surface area contributed by atoms with Crippen molar-refractivity contribution in [1.29, 1.82) is 0 Å². The fraction of sp³-hybridized carbons (Fsp3) is 0.417. The second-order valence-electron chi connectivity index (χ2n) is 7.38. The maximum atomic E-state index is 13.1. The van der Waals surface area contributed by atoms with E-state index in [-0.39, 0.29) is 18.4 Å². The van der Waals surface area contributed by atoms with E-state index in [0.717, 1.165) is 22.3 Å². The van der Waals surface area contributed by atoms with Crippen molar-refractivity contribution in [1.82, 2.24) is 10.2 Å². The predicted molar refractivity (Wildman–Crippen MR) is 116 cm³/mol. The summed E-state index contributed by atoms with van der Waals surface area (Å²) in [6, 6.07) is 13.3. The van der Waals surface area contributed by atoms with Gasteiger partial charge in [-0.25, -0.2) is 0 Å². The van der Waals surface area contributed by atoms with Crippen LogP contribution in [-0.4, -0.2) is 35.9 Å². The second kappa shape index (κ2) is 10.6. The fourth-order valence-corrected chi connectivity index (χ4v) is 3.43. The number of amides is 2. The zero-order valence-electron chi connectivity index (χ0n) is 18.1. The molecule has 0 unspecified atom stereocenters. The van der Waals surface area contributed by atoms with Crippen molar-refractivity contribution in [3.8, 4) is 5.75 Å². The lowest BCUT2D eigenvalue weighted by Crippen LogP contribution is -2.50. The van der Waals surface area contributed by atoms with E-state index in [4.69, 9.17) is 4.74 Å². The molecule has 29 heavy (non-hydrogen) atoms. The number of hydrogen-bond donors (Lipinski definition) is 1. The Morgan fingerprint density at radius 2 is 1.69 bits per heavy atom. The van der Waals surface area contributed by atoms with Gasteiger partial charge < -0.3 is 15.0 Å². The topological polar surface area (TPSA) is 58.6 Å². The van der Waals surface area contributed by atoms with Crippen LogP contribution >= 0.6 is 0 Å². The van der Waals surface area contributed by atoms with Crippen LogP contribution < -0.4 is 10.1 Å². The van der Waals surface area contributed by atoms with Crippen LogP contribution in [0.25, 0.3) is 0 Å². The third-order valence-corrected chi connectivity index (χ3v) is 4.90. The summed E-state index contributed by atoms with van der Waals surface area (Å²) in [5, 5.41) is 2.85. The molecule has 2 aromatic rings. The van der Waals surface area contributed by atoms with Gasteiger partial charge in [-0.2, -0.15) is 0 Å². The molecule has 0 radical (unpaired) electrons. The van der Waals surface area contributed by atoms with Crippen LogP contribution in [0.3, 0.4) is 0 Å². The van der Waals surface area contributed by atoms with Crippen molar-refractivity contribution in [2.75, 3.05) is 13.2 Å². The quantitative estimate of drug-likeness (QED) is 0.699. The zero-order chi connectivity index (χ0) is 21.4. The van der Waals surface area contributed by atoms with Gasteiger partial charge in [-0.05, 0) is 68.5 Å². The summed E-state index contributed by atoms with van der Waals surface area (Å²) in [6.45, 7) is 10.6. The number of carbonyl (C=O) groups excluding carboxylic acids is 2. The van der Waals surface area contributed by atoms with Gasteiger partial charge in [0.2, 0.25) is 5.91 Å². The van der Waals surface area contributed by atoms with E-state index in [0.29, 0.717) is 25.3 Å². The number of hydrogen-bond acceptors (Lipinski definition) is 3. The van der Waals surface area contributed by atoms with Crippen LogP contribution in [0.2, 0.25) is 0 Å². The molecule has 0 spiro atoms. The lowest BCUT2D eigenvalue weighted by Gasteiger charge is -2.31. The average Bonchev–Trinajstić information content (AvgIpc) is 2.67. The number of rotatable bonds is 9. The van der Waals surface area contributed by atoms with Crippen LogP contribution in [-0.2, 0) is 16.1 Å². The third-order valence-electron chi connectivity index (χ3n) is 4.90. The van der Waals surface area contributed by atoms with Gasteiger partial charge >= 0.3 is 0 Å². The number of ether oxygens (including phenoxy) is 1. The zero-order valence-corrected chi connectivity index (χ0v) is 18.1. The predicted octanol–water partition coefficient (Wildman–Crippen LogP) is 3.93. The molecule has 0 bridgehead atoms. The Balaban J connectivity index is 2.23. The van der Waals surface area contributed by atoms with E-state index >= 15 is 0 Å². The maximum Gasteiger partial charge on any atom is 0.261 e. The highest BCUT2D eigenvalue weighted by molar-refractivity contribution is 5.88. The second-order valence-corrected chi connectivity index (χ2v) is 7.38.